The number of fused-ring (bicyclic) bond motifs is 1. The largest absolute Gasteiger partial charge is 0.396 e. The van der Waals surface area contributed by atoms with Gasteiger partial charge < -0.3 is 20.1 Å². The van der Waals surface area contributed by atoms with Crippen LogP contribution in [0.15, 0.2) is 24.4 Å². The van der Waals surface area contributed by atoms with Gasteiger partial charge in [0.05, 0.1) is 6.42 Å². The standard InChI is InChI=1S/C17H21ClN2O3/c18-14-1-2-15-12(7-19-16(15)6-14)5-17(23)20-8-11(3-4-21)13(9-20)10-22/h1-2,6-7,11,13,19,21-22H,3-5,8-10H2. The molecule has 1 aromatic heterocycles. The molecule has 0 saturated carbocycles. The van der Waals surface area contributed by atoms with Crippen LogP contribution in [0.25, 0.3) is 10.9 Å². The van der Waals surface area contributed by atoms with Crippen molar-refractivity contribution >= 4 is 28.4 Å². The first-order chi connectivity index (χ1) is 11.1. The maximum absolute atomic E-state index is 12.6. The Morgan fingerprint density at radius 2 is 2.09 bits per heavy atom. The number of nitrogens with zero attached hydrogens (tertiary/aromatic N) is 1. The minimum Gasteiger partial charge on any atom is -0.396 e. The van der Waals surface area contributed by atoms with E-state index in [0.717, 1.165) is 16.5 Å². The second-order valence-electron chi connectivity index (χ2n) is 6.19. The quantitative estimate of drug-likeness (QED) is 0.779. The van der Waals surface area contributed by atoms with Gasteiger partial charge in [0.25, 0.3) is 0 Å². The van der Waals surface area contributed by atoms with E-state index in [1.807, 2.05) is 24.4 Å². The molecule has 2 heterocycles. The van der Waals surface area contributed by atoms with E-state index in [-0.39, 0.29) is 31.0 Å². The van der Waals surface area contributed by atoms with E-state index >= 15 is 0 Å². The third-order valence-corrected chi connectivity index (χ3v) is 4.97. The zero-order chi connectivity index (χ0) is 16.4. The number of nitrogens with one attached hydrogen (secondary N) is 1. The fourth-order valence-electron chi connectivity index (χ4n) is 3.42. The van der Waals surface area contributed by atoms with Crippen LogP contribution >= 0.6 is 11.6 Å². The zero-order valence-corrected chi connectivity index (χ0v) is 13.6. The number of benzene rings is 1. The van der Waals surface area contributed by atoms with Crippen LogP contribution < -0.4 is 0 Å². The van der Waals surface area contributed by atoms with Crippen LogP contribution in [0.4, 0.5) is 0 Å². The summed E-state index contributed by atoms with van der Waals surface area (Å²) < 4.78 is 0. The predicted molar refractivity (Wildman–Crippen MR) is 89.4 cm³/mol. The normalized spacial score (nSPS) is 21.3. The number of carbonyl (C=O) groups excluding carboxylic acids is 1. The highest BCUT2D eigenvalue weighted by Crippen LogP contribution is 2.27. The molecule has 5 nitrogen and oxygen atoms in total. The fourth-order valence-corrected chi connectivity index (χ4v) is 3.59. The zero-order valence-electron chi connectivity index (χ0n) is 12.8. The fraction of sp³-hybridized carbons (Fsp3) is 0.471. The number of hydrogen-bond acceptors (Lipinski definition) is 3. The van der Waals surface area contributed by atoms with Gasteiger partial charge in [-0.15, -0.1) is 0 Å². The topological polar surface area (TPSA) is 76.6 Å². The molecule has 1 aliphatic heterocycles. The third kappa shape index (κ3) is 3.37. The average molecular weight is 337 g/mol. The molecule has 1 amide bonds. The molecule has 2 atom stereocenters. The SMILES string of the molecule is O=C(Cc1c[nH]c2cc(Cl)ccc12)N1CC(CO)C(CCO)C1. The molecule has 0 aliphatic carbocycles. The van der Waals surface area contributed by atoms with E-state index in [9.17, 15) is 9.90 Å². The van der Waals surface area contributed by atoms with Crippen LogP contribution in [-0.2, 0) is 11.2 Å². The van der Waals surface area contributed by atoms with Crippen molar-refractivity contribution in [2.75, 3.05) is 26.3 Å². The molecular weight excluding hydrogens is 316 g/mol. The van der Waals surface area contributed by atoms with Crippen molar-refractivity contribution < 1.29 is 15.0 Å². The Labute approximate surface area is 139 Å². The molecule has 3 N–H and O–H groups in total. The number of aliphatic hydroxyl groups excluding tert-OH is 2. The van der Waals surface area contributed by atoms with E-state index < -0.39 is 0 Å². The van der Waals surface area contributed by atoms with Crippen molar-refractivity contribution in [2.24, 2.45) is 11.8 Å². The lowest BCUT2D eigenvalue weighted by Crippen LogP contribution is -2.30. The summed E-state index contributed by atoms with van der Waals surface area (Å²) >= 11 is 5.98. The molecule has 2 aromatic rings. The van der Waals surface area contributed by atoms with Gasteiger partial charge in [-0.05, 0) is 30.0 Å². The van der Waals surface area contributed by atoms with Gasteiger partial charge in [-0.25, -0.2) is 0 Å². The van der Waals surface area contributed by atoms with Crippen LogP contribution in [0.2, 0.25) is 5.02 Å². The Bertz CT molecular complexity index is 700. The Morgan fingerprint density at radius 3 is 2.83 bits per heavy atom. The third-order valence-electron chi connectivity index (χ3n) is 4.73. The Balaban J connectivity index is 1.71. The maximum Gasteiger partial charge on any atom is 0.227 e. The minimum atomic E-state index is 0.0553. The van der Waals surface area contributed by atoms with Crippen molar-refractivity contribution in [2.45, 2.75) is 12.8 Å². The van der Waals surface area contributed by atoms with Crippen LogP contribution in [0.1, 0.15) is 12.0 Å². The van der Waals surface area contributed by atoms with E-state index in [1.165, 1.54) is 0 Å². The lowest BCUT2D eigenvalue weighted by Gasteiger charge is -2.16. The minimum absolute atomic E-state index is 0.0553. The van der Waals surface area contributed by atoms with Crippen LogP contribution in [0.3, 0.4) is 0 Å². The molecule has 0 spiro atoms. The summed E-state index contributed by atoms with van der Waals surface area (Å²) in [5.41, 5.74) is 1.88. The Kier molecular flexibility index (Phi) is 4.90. The van der Waals surface area contributed by atoms with Gasteiger partial charge in [-0.3, -0.25) is 4.79 Å². The molecule has 3 rings (SSSR count). The lowest BCUT2D eigenvalue weighted by atomic mass is 9.94. The van der Waals surface area contributed by atoms with Gasteiger partial charge in [0.1, 0.15) is 0 Å². The van der Waals surface area contributed by atoms with E-state index in [1.54, 1.807) is 4.90 Å². The summed E-state index contributed by atoms with van der Waals surface area (Å²) in [6.45, 7) is 1.32. The van der Waals surface area contributed by atoms with Gasteiger partial charge in [-0.1, -0.05) is 17.7 Å². The molecule has 0 radical (unpaired) electrons. The van der Waals surface area contributed by atoms with Crippen molar-refractivity contribution in [3.63, 3.8) is 0 Å². The second-order valence-corrected chi connectivity index (χ2v) is 6.63. The number of halogens is 1. The monoisotopic (exact) mass is 336 g/mol. The summed E-state index contributed by atoms with van der Waals surface area (Å²) in [4.78, 5) is 17.5. The number of aliphatic hydroxyl groups is 2. The molecule has 1 aromatic carbocycles. The van der Waals surface area contributed by atoms with E-state index in [0.29, 0.717) is 31.0 Å². The summed E-state index contributed by atoms with van der Waals surface area (Å²) in [7, 11) is 0. The highest BCUT2D eigenvalue weighted by atomic mass is 35.5. The predicted octanol–water partition coefficient (Wildman–Crippen LogP) is 1.81. The van der Waals surface area contributed by atoms with Gasteiger partial charge in [0.2, 0.25) is 5.91 Å². The smallest absolute Gasteiger partial charge is 0.227 e. The summed E-state index contributed by atoms with van der Waals surface area (Å²) in [5.74, 6) is 0.295. The van der Waals surface area contributed by atoms with E-state index in [2.05, 4.69) is 4.98 Å². The van der Waals surface area contributed by atoms with Crippen LogP contribution in [0, 0.1) is 11.8 Å². The summed E-state index contributed by atoms with van der Waals surface area (Å²) in [6.07, 6.45) is 2.80. The molecule has 6 heteroatoms. The highest BCUT2D eigenvalue weighted by Gasteiger charge is 2.34. The highest BCUT2D eigenvalue weighted by molar-refractivity contribution is 6.31. The van der Waals surface area contributed by atoms with Gasteiger partial charge >= 0.3 is 0 Å². The number of hydrogen-bond donors (Lipinski definition) is 3. The number of aromatic amines is 1. The van der Waals surface area contributed by atoms with Crippen molar-refractivity contribution in [1.82, 2.24) is 9.88 Å². The first-order valence-corrected chi connectivity index (χ1v) is 8.25. The number of carbonyl (C=O) groups is 1. The number of aromatic nitrogens is 1. The first-order valence-electron chi connectivity index (χ1n) is 7.87. The van der Waals surface area contributed by atoms with Gasteiger partial charge in [0, 0.05) is 54.3 Å². The van der Waals surface area contributed by atoms with E-state index in [4.69, 9.17) is 16.7 Å². The Hall–Kier alpha value is -1.56. The van der Waals surface area contributed by atoms with Crippen molar-refractivity contribution in [3.05, 3.63) is 35.0 Å². The lowest BCUT2D eigenvalue weighted by molar-refractivity contribution is -0.129. The molecule has 1 aliphatic rings. The Morgan fingerprint density at radius 1 is 1.30 bits per heavy atom. The molecular formula is C17H21ClN2O3. The van der Waals surface area contributed by atoms with Gasteiger partial charge in [-0.2, -0.15) is 0 Å². The second kappa shape index (κ2) is 6.91. The van der Waals surface area contributed by atoms with Crippen LogP contribution in [0.5, 0.6) is 0 Å². The number of rotatable bonds is 5. The molecule has 1 fully saturated rings. The summed E-state index contributed by atoms with van der Waals surface area (Å²) in [6, 6.07) is 5.59. The van der Waals surface area contributed by atoms with Crippen molar-refractivity contribution in [1.29, 1.82) is 0 Å². The van der Waals surface area contributed by atoms with Gasteiger partial charge in [0.15, 0.2) is 0 Å². The summed E-state index contributed by atoms with van der Waals surface area (Å²) in [5, 5.41) is 20.2. The number of likely N-dealkylation sites (tertiary alicyclic amines) is 1. The average Bonchev–Trinajstić information content (AvgIpc) is 3.11. The number of H-pyrrole nitrogens is 1. The molecule has 0 bridgehead atoms. The maximum atomic E-state index is 12.6. The van der Waals surface area contributed by atoms with Crippen LogP contribution in [-0.4, -0.2) is 52.3 Å². The molecule has 2 unspecified atom stereocenters. The van der Waals surface area contributed by atoms with Crippen molar-refractivity contribution in [3.8, 4) is 0 Å². The molecule has 1 saturated heterocycles. The molecule has 124 valence electrons. The first kappa shape index (κ1) is 16.3. The number of amides is 1. The molecule has 23 heavy (non-hydrogen) atoms.